The zero-order valence-electron chi connectivity index (χ0n) is 10.9. The second-order valence-electron chi connectivity index (χ2n) is 4.48. The van der Waals surface area contributed by atoms with Crippen LogP contribution in [0, 0.1) is 0 Å². The van der Waals surface area contributed by atoms with Crippen molar-refractivity contribution in [2.24, 2.45) is 0 Å². The van der Waals surface area contributed by atoms with Crippen molar-refractivity contribution in [2.75, 3.05) is 19.7 Å². The van der Waals surface area contributed by atoms with Gasteiger partial charge in [0, 0.05) is 17.6 Å². The molecule has 2 atom stereocenters. The molecule has 2 N–H and O–H groups in total. The van der Waals surface area contributed by atoms with E-state index < -0.39 is 22.2 Å². The molecule has 0 unspecified atom stereocenters. The normalized spacial score (nSPS) is 24.0. The molecular formula is C12H16BrNO5S. The van der Waals surface area contributed by atoms with E-state index in [1.807, 2.05) is 0 Å². The number of aliphatic hydroxyl groups excluding tert-OH is 2. The number of nitrogens with zero attached hydrogens (tertiary/aromatic N) is 1. The van der Waals surface area contributed by atoms with E-state index in [1.165, 1.54) is 6.07 Å². The van der Waals surface area contributed by atoms with Gasteiger partial charge < -0.3 is 14.9 Å². The Labute approximate surface area is 126 Å². The lowest BCUT2D eigenvalue weighted by Crippen LogP contribution is -2.30. The molecule has 1 aromatic rings. The first kappa shape index (κ1) is 15.7. The lowest BCUT2D eigenvalue weighted by atomic mass is 10.3. The van der Waals surface area contributed by atoms with Crippen molar-refractivity contribution in [2.45, 2.75) is 24.0 Å². The number of sulfonamides is 1. The van der Waals surface area contributed by atoms with E-state index in [1.54, 1.807) is 19.1 Å². The molecule has 1 aromatic carbocycles. The third-order valence-corrected chi connectivity index (χ3v) is 5.40. The molecule has 1 heterocycles. The monoisotopic (exact) mass is 365 g/mol. The quantitative estimate of drug-likeness (QED) is 0.814. The molecule has 20 heavy (non-hydrogen) atoms. The van der Waals surface area contributed by atoms with Crippen LogP contribution in [-0.2, 0) is 10.0 Å². The summed E-state index contributed by atoms with van der Waals surface area (Å²) in [4.78, 5) is 0.0232. The first-order chi connectivity index (χ1) is 9.36. The lowest BCUT2D eigenvalue weighted by molar-refractivity contribution is 0.0572. The molecule has 0 radical (unpaired) electrons. The maximum atomic E-state index is 12.6. The number of benzene rings is 1. The average molecular weight is 366 g/mol. The van der Waals surface area contributed by atoms with Crippen LogP contribution in [0.3, 0.4) is 0 Å². The fraction of sp³-hybridized carbons (Fsp3) is 0.500. The lowest BCUT2D eigenvalue weighted by Gasteiger charge is -2.18. The summed E-state index contributed by atoms with van der Waals surface area (Å²) < 4.78 is 32.2. The van der Waals surface area contributed by atoms with Crippen molar-refractivity contribution < 1.29 is 23.4 Å². The molecule has 1 fully saturated rings. The standard InChI is InChI=1S/C12H16BrNO5S/c1-2-19-11-4-3-8(13)5-12(11)20(17,18)14-6-9(15)10(16)7-14/h3-5,9-10,15-16H,2,6-7H2,1H3/t9-,10+. The summed E-state index contributed by atoms with van der Waals surface area (Å²) in [5, 5.41) is 19.0. The van der Waals surface area contributed by atoms with E-state index in [9.17, 15) is 18.6 Å². The van der Waals surface area contributed by atoms with Crippen LogP contribution in [0.15, 0.2) is 27.6 Å². The molecule has 0 saturated carbocycles. The second-order valence-corrected chi connectivity index (χ2v) is 7.30. The Morgan fingerprint density at radius 2 is 1.95 bits per heavy atom. The predicted octanol–water partition coefficient (Wildman–Crippen LogP) is 0.574. The van der Waals surface area contributed by atoms with Gasteiger partial charge in [-0.05, 0) is 25.1 Å². The average Bonchev–Trinajstić information content (AvgIpc) is 2.73. The number of aliphatic hydroxyl groups is 2. The van der Waals surface area contributed by atoms with Gasteiger partial charge in [0.15, 0.2) is 0 Å². The molecular weight excluding hydrogens is 350 g/mol. The number of rotatable bonds is 4. The van der Waals surface area contributed by atoms with Crippen molar-refractivity contribution in [1.82, 2.24) is 4.31 Å². The van der Waals surface area contributed by atoms with E-state index in [0.29, 0.717) is 11.1 Å². The Kier molecular flexibility index (Phi) is 4.70. The first-order valence-corrected chi connectivity index (χ1v) is 8.38. The summed E-state index contributed by atoms with van der Waals surface area (Å²) in [6.07, 6.45) is -2.13. The van der Waals surface area contributed by atoms with E-state index >= 15 is 0 Å². The van der Waals surface area contributed by atoms with Gasteiger partial charge in [-0.3, -0.25) is 0 Å². The summed E-state index contributed by atoms with van der Waals surface area (Å²) in [5.41, 5.74) is 0. The summed E-state index contributed by atoms with van der Waals surface area (Å²) in [6.45, 7) is 1.86. The van der Waals surface area contributed by atoms with Gasteiger partial charge in [0.2, 0.25) is 10.0 Å². The van der Waals surface area contributed by atoms with E-state index in [0.717, 1.165) is 4.31 Å². The maximum absolute atomic E-state index is 12.6. The molecule has 6 nitrogen and oxygen atoms in total. The van der Waals surface area contributed by atoms with Gasteiger partial charge in [0.25, 0.3) is 0 Å². The highest BCUT2D eigenvalue weighted by atomic mass is 79.9. The Morgan fingerprint density at radius 3 is 2.50 bits per heavy atom. The Morgan fingerprint density at radius 1 is 1.35 bits per heavy atom. The van der Waals surface area contributed by atoms with Crippen LogP contribution in [0.1, 0.15) is 6.92 Å². The van der Waals surface area contributed by atoms with E-state index in [-0.39, 0.29) is 23.7 Å². The molecule has 0 aliphatic carbocycles. The fourth-order valence-corrected chi connectivity index (χ4v) is 4.17. The SMILES string of the molecule is CCOc1ccc(Br)cc1S(=O)(=O)N1C[C@@H](O)[C@@H](O)C1. The maximum Gasteiger partial charge on any atom is 0.246 e. The Balaban J connectivity index is 2.41. The van der Waals surface area contributed by atoms with Crippen LogP contribution in [0.25, 0.3) is 0 Å². The fourth-order valence-electron chi connectivity index (χ4n) is 2.03. The number of hydrogen-bond acceptors (Lipinski definition) is 5. The molecule has 1 saturated heterocycles. The molecule has 0 spiro atoms. The molecule has 0 aromatic heterocycles. The third-order valence-electron chi connectivity index (χ3n) is 3.05. The molecule has 1 aliphatic rings. The van der Waals surface area contributed by atoms with Crippen molar-refractivity contribution in [3.8, 4) is 5.75 Å². The van der Waals surface area contributed by atoms with Crippen molar-refractivity contribution >= 4 is 26.0 Å². The van der Waals surface area contributed by atoms with E-state index in [4.69, 9.17) is 4.74 Å². The topological polar surface area (TPSA) is 87.1 Å². The van der Waals surface area contributed by atoms with Crippen LogP contribution in [0.2, 0.25) is 0 Å². The first-order valence-electron chi connectivity index (χ1n) is 6.15. The summed E-state index contributed by atoms with van der Waals surface area (Å²) >= 11 is 3.23. The van der Waals surface area contributed by atoms with Crippen LogP contribution in [0.4, 0.5) is 0 Å². The van der Waals surface area contributed by atoms with Crippen molar-refractivity contribution in [3.63, 3.8) is 0 Å². The van der Waals surface area contributed by atoms with Gasteiger partial charge in [-0.15, -0.1) is 0 Å². The largest absolute Gasteiger partial charge is 0.492 e. The highest BCUT2D eigenvalue weighted by Crippen LogP contribution is 2.31. The molecule has 0 bridgehead atoms. The van der Waals surface area contributed by atoms with Crippen LogP contribution in [0.5, 0.6) is 5.75 Å². The summed E-state index contributed by atoms with van der Waals surface area (Å²) in [5.74, 6) is 0.256. The third kappa shape index (κ3) is 2.99. The highest BCUT2D eigenvalue weighted by molar-refractivity contribution is 9.10. The number of ether oxygens (including phenoxy) is 1. The molecule has 8 heteroatoms. The van der Waals surface area contributed by atoms with Crippen LogP contribution in [-0.4, -0.2) is 54.8 Å². The van der Waals surface area contributed by atoms with Gasteiger partial charge in [-0.2, -0.15) is 4.31 Å². The zero-order valence-corrected chi connectivity index (χ0v) is 13.3. The predicted molar refractivity (Wildman–Crippen MR) is 76.1 cm³/mol. The van der Waals surface area contributed by atoms with Gasteiger partial charge >= 0.3 is 0 Å². The minimum Gasteiger partial charge on any atom is -0.492 e. The number of hydrogen-bond donors (Lipinski definition) is 2. The Hall–Kier alpha value is -0.670. The summed E-state index contributed by atoms with van der Waals surface area (Å²) in [6, 6.07) is 4.72. The summed E-state index contributed by atoms with van der Waals surface area (Å²) in [7, 11) is -3.82. The zero-order chi connectivity index (χ0) is 14.9. The Bertz CT molecular complexity index is 582. The second kappa shape index (κ2) is 5.98. The highest BCUT2D eigenvalue weighted by Gasteiger charge is 2.38. The minimum atomic E-state index is -3.82. The van der Waals surface area contributed by atoms with Gasteiger partial charge in [-0.1, -0.05) is 15.9 Å². The minimum absolute atomic E-state index is 0.0232. The van der Waals surface area contributed by atoms with Gasteiger partial charge in [0.1, 0.15) is 10.6 Å². The molecule has 0 amide bonds. The molecule has 2 rings (SSSR count). The van der Waals surface area contributed by atoms with Crippen LogP contribution < -0.4 is 4.74 Å². The molecule has 112 valence electrons. The van der Waals surface area contributed by atoms with E-state index in [2.05, 4.69) is 15.9 Å². The van der Waals surface area contributed by atoms with Gasteiger partial charge in [-0.25, -0.2) is 8.42 Å². The smallest absolute Gasteiger partial charge is 0.246 e. The van der Waals surface area contributed by atoms with Crippen molar-refractivity contribution in [3.05, 3.63) is 22.7 Å². The number of halogens is 1. The van der Waals surface area contributed by atoms with Crippen molar-refractivity contribution in [1.29, 1.82) is 0 Å². The molecule has 1 aliphatic heterocycles. The number of β-amino-alcohol motifs (C(OH)–C–C–N with tert-alkyl or cyclic N) is 2. The van der Waals surface area contributed by atoms with Crippen LogP contribution >= 0.6 is 15.9 Å². The van der Waals surface area contributed by atoms with Gasteiger partial charge in [0.05, 0.1) is 18.8 Å².